The Kier molecular flexibility index (Phi) is 5.05. The Labute approximate surface area is 165 Å². The zero-order valence-corrected chi connectivity index (χ0v) is 16.8. The predicted molar refractivity (Wildman–Crippen MR) is 106 cm³/mol. The minimum atomic E-state index is -3.62. The molecule has 7 nitrogen and oxygen atoms in total. The lowest BCUT2D eigenvalue weighted by molar-refractivity contribution is 0.491. The molecule has 1 aliphatic heterocycles. The van der Waals surface area contributed by atoms with Crippen molar-refractivity contribution in [2.24, 2.45) is 4.99 Å². The Hall–Kier alpha value is -2.49. The molecule has 3 aromatic rings. The number of nitrogens with zero attached hydrogens (tertiary/aromatic N) is 2. The van der Waals surface area contributed by atoms with Gasteiger partial charge < -0.3 is 4.42 Å². The number of sulfonamides is 1. The highest BCUT2D eigenvalue weighted by molar-refractivity contribution is 7.89. The van der Waals surface area contributed by atoms with E-state index in [-0.39, 0.29) is 17.0 Å². The minimum Gasteiger partial charge on any atom is -0.460 e. The van der Waals surface area contributed by atoms with E-state index in [9.17, 15) is 13.2 Å². The van der Waals surface area contributed by atoms with Gasteiger partial charge in [0.15, 0.2) is 4.80 Å². The molecule has 0 atom stereocenters. The van der Waals surface area contributed by atoms with Gasteiger partial charge in [-0.1, -0.05) is 29.0 Å². The van der Waals surface area contributed by atoms with Crippen molar-refractivity contribution in [2.75, 3.05) is 6.54 Å². The fourth-order valence-corrected chi connectivity index (χ4v) is 4.89. The first kappa shape index (κ1) is 18.9. The smallest absolute Gasteiger partial charge is 0.270 e. The van der Waals surface area contributed by atoms with Crippen LogP contribution in [0.15, 0.2) is 55.5 Å². The molecule has 2 aromatic heterocycles. The Morgan fingerprint density at radius 1 is 1.25 bits per heavy atom. The Bertz CT molecular complexity index is 1280. The number of hydrogen-bond donors (Lipinski definition) is 1. The fourth-order valence-electron chi connectivity index (χ4n) is 2.89. The van der Waals surface area contributed by atoms with E-state index in [1.807, 2.05) is 6.92 Å². The summed E-state index contributed by atoms with van der Waals surface area (Å²) in [5.74, 6) is 0.967. The number of benzene rings is 1. The summed E-state index contributed by atoms with van der Waals surface area (Å²) in [5.41, 5.74) is 0.922. The molecule has 146 valence electrons. The number of thiazole rings is 1. The summed E-state index contributed by atoms with van der Waals surface area (Å²) in [6, 6.07) is 10.0. The highest BCUT2D eigenvalue weighted by Gasteiger charge is 2.14. The van der Waals surface area contributed by atoms with Gasteiger partial charge in [0.05, 0.1) is 16.0 Å². The number of aryl methyl sites for hydroxylation is 1. The van der Waals surface area contributed by atoms with E-state index in [0.29, 0.717) is 22.6 Å². The summed E-state index contributed by atoms with van der Waals surface area (Å²) in [5, 5.41) is 0. The van der Waals surface area contributed by atoms with Gasteiger partial charge in [0.1, 0.15) is 11.5 Å². The van der Waals surface area contributed by atoms with Crippen LogP contribution >= 0.6 is 11.3 Å². The first-order valence-electron chi connectivity index (χ1n) is 8.83. The summed E-state index contributed by atoms with van der Waals surface area (Å²) in [4.78, 5) is 17.7. The molecular weight excluding hydrogens is 398 g/mol. The number of nitrogens with one attached hydrogen (secondary N) is 1. The van der Waals surface area contributed by atoms with E-state index in [2.05, 4.69) is 9.71 Å². The molecule has 1 N–H and O–H groups in total. The maximum absolute atomic E-state index is 12.4. The number of furan rings is 1. The van der Waals surface area contributed by atoms with Crippen molar-refractivity contribution in [2.45, 2.75) is 31.3 Å². The van der Waals surface area contributed by atoms with E-state index < -0.39 is 10.0 Å². The lowest BCUT2D eigenvalue weighted by Crippen LogP contribution is -2.33. The molecular formula is C19H19N3O4S2. The maximum Gasteiger partial charge on any atom is 0.270 e. The van der Waals surface area contributed by atoms with Gasteiger partial charge in [-0.15, -0.1) is 0 Å². The predicted octanol–water partition coefficient (Wildman–Crippen LogP) is 1.14. The molecule has 1 aliphatic rings. The van der Waals surface area contributed by atoms with Gasteiger partial charge in [-0.05, 0) is 37.6 Å². The second-order valence-electron chi connectivity index (χ2n) is 6.53. The Morgan fingerprint density at radius 3 is 2.79 bits per heavy atom. The molecule has 0 aliphatic carbocycles. The van der Waals surface area contributed by atoms with Crippen molar-refractivity contribution in [3.63, 3.8) is 0 Å². The van der Waals surface area contributed by atoms with Crippen LogP contribution < -0.4 is 19.6 Å². The maximum atomic E-state index is 12.4. The molecule has 4 rings (SSSR count). The molecule has 0 spiro atoms. The number of rotatable bonds is 5. The van der Waals surface area contributed by atoms with E-state index in [1.165, 1.54) is 11.3 Å². The normalized spacial score (nSPS) is 14.7. The molecule has 0 fully saturated rings. The zero-order valence-electron chi connectivity index (χ0n) is 15.2. The molecule has 0 amide bonds. The number of hydrogen-bond acceptors (Lipinski definition) is 6. The average Bonchev–Trinajstić information content (AvgIpc) is 3.26. The molecule has 0 saturated carbocycles. The topological polar surface area (TPSA) is 93.7 Å². The van der Waals surface area contributed by atoms with Crippen LogP contribution in [-0.4, -0.2) is 19.5 Å². The standard InChI is InChI=1S/C19H19N3O4S2/c1-13-3-7-16(8-4-13)28(24,25)21-12-15-6-5-14(26-15)11-17-18(23)22-10-2-9-20-19(22)27-17/h3-8,11,21H,2,9-10,12H2,1H3/b17-11+. The van der Waals surface area contributed by atoms with Crippen molar-refractivity contribution < 1.29 is 12.8 Å². The van der Waals surface area contributed by atoms with E-state index >= 15 is 0 Å². The fraction of sp³-hybridized carbons (Fsp3) is 0.263. The van der Waals surface area contributed by atoms with Crippen molar-refractivity contribution >= 4 is 27.4 Å². The van der Waals surface area contributed by atoms with Gasteiger partial charge in [0, 0.05) is 19.2 Å². The molecule has 0 radical (unpaired) electrons. The van der Waals surface area contributed by atoms with Crippen molar-refractivity contribution in [3.05, 3.63) is 73.2 Å². The van der Waals surface area contributed by atoms with Crippen LogP contribution in [0, 0.1) is 6.92 Å². The van der Waals surface area contributed by atoms with E-state index in [0.717, 1.165) is 23.3 Å². The van der Waals surface area contributed by atoms with Gasteiger partial charge >= 0.3 is 0 Å². The van der Waals surface area contributed by atoms with Gasteiger partial charge in [0.2, 0.25) is 10.0 Å². The van der Waals surface area contributed by atoms with Crippen molar-refractivity contribution in [1.82, 2.24) is 9.29 Å². The van der Waals surface area contributed by atoms with Crippen LogP contribution in [0.4, 0.5) is 0 Å². The summed E-state index contributed by atoms with van der Waals surface area (Å²) in [7, 11) is -3.62. The van der Waals surface area contributed by atoms with E-state index in [1.54, 1.807) is 47.0 Å². The van der Waals surface area contributed by atoms with Gasteiger partial charge in [-0.25, -0.2) is 13.1 Å². The highest BCUT2D eigenvalue weighted by Crippen LogP contribution is 2.13. The zero-order chi connectivity index (χ0) is 19.7. The Balaban J connectivity index is 1.52. The number of fused-ring (bicyclic) bond motifs is 1. The third-order valence-corrected chi connectivity index (χ3v) is 6.86. The lowest BCUT2D eigenvalue weighted by atomic mass is 10.2. The van der Waals surface area contributed by atoms with Crippen LogP contribution in [0.5, 0.6) is 0 Å². The van der Waals surface area contributed by atoms with Gasteiger partial charge in [0.25, 0.3) is 5.56 Å². The summed E-state index contributed by atoms with van der Waals surface area (Å²) in [6.07, 6.45) is 2.54. The molecule has 3 heterocycles. The molecule has 1 aromatic carbocycles. The highest BCUT2D eigenvalue weighted by atomic mass is 32.2. The third kappa shape index (κ3) is 3.87. The molecule has 0 saturated heterocycles. The first-order chi connectivity index (χ1) is 13.4. The van der Waals surface area contributed by atoms with Crippen LogP contribution in [0.3, 0.4) is 0 Å². The van der Waals surface area contributed by atoms with Crippen LogP contribution in [0.2, 0.25) is 0 Å². The van der Waals surface area contributed by atoms with Gasteiger partial charge in [-0.3, -0.25) is 14.4 Å². The molecule has 0 unspecified atom stereocenters. The van der Waals surface area contributed by atoms with E-state index in [4.69, 9.17) is 4.42 Å². The van der Waals surface area contributed by atoms with Crippen LogP contribution in [0.25, 0.3) is 6.08 Å². The minimum absolute atomic E-state index is 0.0271. The van der Waals surface area contributed by atoms with Crippen LogP contribution in [-0.2, 0) is 23.1 Å². The first-order valence-corrected chi connectivity index (χ1v) is 11.1. The molecule has 0 bridgehead atoms. The monoisotopic (exact) mass is 417 g/mol. The summed E-state index contributed by atoms with van der Waals surface area (Å²) >= 11 is 1.34. The Morgan fingerprint density at radius 2 is 2.04 bits per heavy atom. The van der Waals surface area contributed by atoms with Crippen molar-refractivity contribution in [3.8, 4) is 0 Å². The number of aromatic nitrogens is 1. The molecule has 9 heteroatoms. The van der Waals surface area contributed by atoms with Crippen molar-refractivity contribution in [1.29, 1.82) is 0 Å². The van der Waals surface area contributed by atoms with Gasteiger partial charge in [-0.2, -0.15) is 0 Å². The summed E-state index contributed by atoms with van der Waals surface area (Å²) in [6.45, 7) is 3.35. The second-order valence-corrected chi connectivity index (χ2v) is 9.30. The van der Waals surface area contributed by atoms with Crippen LogP contribution in [0.1, 0.15) is 23.5 Å². The quantitative estimate of drug-likeness (QED) is 0.674. The lowest BCUT2D eigenvalue weighted by Gasteiger charge is -2.05. The average molecular weight is 418 g/mol. The molecule has 28 heavy (non-hydrogen) atoms. The second kappa shape index (κ2) is 7.50. The SMILES string of the molecule is Cc1ccc(S(=O)(=O)NCc2ccc(/C=c3/sc4n(c3=O)CCCN=4)o2)cc1. The summed E-state index contributed by atoms with van der Waals surface area (Å²) < 4.78 is 35.1. The third-order valence-electron chi connectivity index (χ3n) is 4.40. The largest absolute Gasteiger partial charge is 0.460 e.